The Hall–Kier alpha value is -3.49. The van der Waals surface area contributed by atoms with E-state index in [-0.39, 0.29) is 17.7 Å². The van der Waals surface area contributed by atoms with Crippen LogP contribution in [0.25, 0.3) is 0 Å². The number of benzene rings is 1. The van der Waals surface area contributed by atoms with Crippen molar-refractivity contribution >= 4 is 11.8 Å². The molecule has 31 heavy (non-hydrogen) atoms. The maximum atomic E-state index is 13.1. The van der Waals surface area contributed by atoms with E-state index in [2.05, 4.69) is 15.2 Å². The van der Waals surface area contributed by atoms with E-state index in [1.807, 2.05) is 47.1 Å². The molecule has 2 aromatic heterocycles. The Morgan fingerprint density at radius 1 is 1.10 bits per heavy atom. The van der Waals surface area contributed by atoms with Crippen LogP contribution in [-0.2, 0) is 12.0 Å². The number of likely N-dealkylation sites (tertiary alicyclic amines) is 2. The molecule has 0 spiro atoms. The Bertz CT molecular complexity index is 1120. The van der Waals surface area contributed by atoms with Crippen molar-refractivity contribution in [3.8, 4) is 0 Å². The van der Waals surface area contributed by atoms with Gasteiger partial charge in [0.1, 0.15) is 0 Å². The Balaban J connectivity index is 1.43. The summed E-state index contributed by atoms with van der Waals surface area (Å²) in [6.45, 7) is 6.38. The number of hydrogen-bond donors (Lipinski definition) is 0. The van der Waals surface area contributed by atoms with Crippen molar-refractivity contribution < 1.29 is 14.1 Å². The average molecular weight is 420 g/mol. The molecule has 0 saturated carbocycles. The molecule has 5 rings (SSSR count). The molecule has 3 aromatic rings. The molecule has 0 N–H and O–H groups in total. The summed E-state index contributed by atoms with van der Waals surface area (Å²) in [6, 6.07) is 9.25. The third-order valence-electron chi connectivity index (χ3n) is 6.36. The highest BCUT2D eigenvalue weighted by molar-refractivity contribution is 5.95. The average Bonchev–Trinajstić information content (AvgIpc) is 3.55. The molecule has 0 bridgehead atoms. The first-order valence-electron chi connectivity index (χ1n) is 10.5. The number of carbonyl (C=O) groups is 2. The smallest absolute Gasteiger partial charge is 0.257 e. The van der Waals surface area contributed by atoms with Crippen LogP contribution in [0.5, 0.6) is 0 Å². The minimum atomic E-state index is -0.567. The van der Waals surface area contributed by atoms with Gasteiger partial charge in [0.25, 0.3) is 11.8 Å². The topological polar surface area (TPSA) is 97.4 Å². The number of hydrogen-bond acceptors (Lipinski definition) is 6. The minimum Gasteiger partial charge on any atom is -0.339 e. The summed E-state index contributed by atoms with van der Waals surface area (Å²) in [5.74, 6) is 0.978. The number of aryl methyl sites for hydroxylation is 2. The molecule has 0 aliphatic carbocycles. The molecule has 2 amide bonds. The van der Waals surface area contributed by atoms with Crippen LogP contribution in [0, 0.1) is 12.8 Å². The van der Waals surface area contributed by atoms with Gasteiger partial charge in [-0.1, -0.05) is 23.4 Å². The zero-order valence-corrected chi connectivity index (χ0v) is 17.6. The quantitative estimate of drug-likeness (QED) is 0.638. The minimum absolute atomic E-state index is 0.0187. The molecule has 0 radical (unpaired) electrons. The maximum Gasteiger partial charge on any atom is 0.257 e. The van der Waals surface area contributed by atoms with Gasteiger partial charge in [0.05, 0.1) is 17.2 Å². The van der Waals surface area contributed by atoms with Crippen molar-refractivity contribution in [3.05, 3.63) is 65.6 Å². The lowest BCUT2D eigenvalue weighted by Gasteiger charge is -2.26. The van der Waals surface area contributed by atoms with Crippen LogP contribution < -0.4 is 0 Å². The van der Waals surface area contributed by atoms with E-state index in [9.17, 15) is 9.59 Å². The van der Waals surface area contributed by atoms with E-state index in [4.69, 9.17) is 4.52 Å². The lowest BCUT2D eigenvalue weighted by Crippen LogP contribution is -2.41. The van der Waals surface area contributed by atoms with Gasteiger partial charge in [-0.15, -0.1) is 0 Å². The highest BCUT2D eigenvalue weighted by Gasteiger charge is 2.58. The largest absolute Gasteiger partial charge is 0.339 e. The van der Waals surface area contributed by atoms with Gasteiger partial charge >= 0.3 is 0 Å². The van der Waals surface area contributed by atoms with Gasteiger partial charge in [-0.3, -0.25) is 14.3 Å². The van der Waals surface area contributed by atoms with E-state index >= 15 is 0 Å². The molecule has 2 fully saturated rings. The monoisotopic (exact) mass is 420 g/mol. The van der Waals surface area contributed by atoms with E-state index < -0.39 is 5.41 Å². The Kier molecular flexibility index (Phi) is 4.60. The van der Waals surface area contributed by atoms with Crippen LogP contribution in [0.2, 0.25) is 0 Å². The molecule has 2 aliphatic heterocycles. The standard InChI is InChI=1S/C22H24N6O3/c1-3-28-10-17(9-23-28)20(30)27-12-18-11-26(19(29)16-7-5-4-6-8-16)13-22(18,14-27)21-24-15(2)25-31-21/h4-10,18H,3,11-14H2,1-2H3/t18-,22-/m1/s1. The number of carbonyl (C=O) groups excluding carboxylic acids is 2. The van der Waals surface area contributed by atoms with Crippen LogP contribution >= 0.6 is 0 Å². The Morgan fingerprint density at radius 2 is 1.77 bits per heavy atom. The fourth-order valence-electron chi connectivity index (χ4n) is 4.77. The lowest BCUT2D eigenvalue weighted by atomic mass is 9.81. The van der Waals surface area contributed by atoms with Crippen LogP contribution in [-0.4, -0.2) is 67.7 Å². The van der Waals surface area contributed by atoms with E-state index in [0.29, 0.717) is 55.6 Å². The van der Waals surface area contributed by atoms with Gasteiger partial charge in [-0.2, -0.15) is 10.1 Å². The molecular weight excluding hydrogens is 396 g/mol. The number of rotatable bonds is 4. The number of nitrogens with zero attached hydrogens (tertiary/aromatic N) is 6. The summed E-state index contributed by atoms with van der Waals surface area (Å²) >= 11 is 0. The van der Waals surface area contributed by atoms with Gasteiger partial charge < -0.3 is 14.3 Å². The van der Waals surface area contributed by atoms with Crippen molar-refractivity contribution in [2.24, 2.45) is 5.92 Å². The van der Waals surface area contributed by atoms with Crippen molar-refractivity contribution in [3.63, 3.8) is 0 Å². The molecule has 4 heterocycles. The third kappa shape index (κ3) is 3.20. The van der Waals surface area contributed by atoms with Gasteiger partial charge in [0, 0.05) is 50.4 Å². The number of aromatic nitrogens is 4. The van der Waals surface area contributed by atoms with Gasteiger partial charge in [0.2, 0.25) is 5.89 Å². The molecule has 2 atom stereocenters. The van der Waals surface area contributed by atoms with Crippen molar-refractivity contribution in [2.45, 2.75) is 25.8 Å². The van der Waals surface area contributed by atoms with Gasteiger partial charge in [-0.05, 0) is 26.0 Å². The van der Waals surface area contributed by atoms with Crippen LogP contribution in [0.1, 0.15) is 39.4 Å². The predicted octanol–water partition coefficient (Wildman–Crippen LogP) is 1.76. The second-order valence-corrected chi connectivity index (χ2v) is 8.32. The zero-order valence-electron chi connectivity index (χ0n) is 17.6. The van der Waals surface area contributed by atoms with Crippen molar-refractivity contribution in [1.82, 2.24) is 29.7 Å². The van der Waals surface area contributed by atoms with Crippen LogP contribution in [0.15, 0.2) is 47.2 Å². The predicted molar refractivity (Wildman–Crippen MR) is 110 cm³/mol. The van der Waals surface area contributed by atoms with E-state index in [1.165, 1.54) is 0 Å². The third-order valence-corrected chi connectivity index (χ3v) is 6.36. The molecule has 2 saturated heterocycles. The molecule has 1 aromatic carbocycles. The van der Waals surface area contributed by atoms with E-state index in [0.717, 1.165) is 0 Å². The normalized spacial score (nSPS) is 22.7. The van der Waals surface area contributed by atoms with Crippen molar-refractivity contribution in [2.75, 3.05) is 26.2 Å². The Labute approximate surface area is 179 Å². The second kappa shape index (κ2) is 7.33. The Morgan fingerprint density at radius 3 is 2.35 bits per heavy atom. The fourth-order valence-corrected chi connectivity index (χ4v) is 4.77. The molecule has 9 nitrogen and oxygen atoms in total. The zero-order chi connectivity index (χ0) is 21.6. The molecule has 2 aliphatic rings. The molecule has 160 valence electrons. The maximum absolute atomic E-state index is 13.1. The second-order valence-electron chi connectivity index (χ2n) is 8.32. The summed E-state index contributed by atoms with van der Waals surface area (Å²) in [5.41, 5.74) is 0.650. The first kappa shape index (κ1) is 19.5. The fraction of sp³-hybridized carbons (Fsp3) is 0.409. The summed E-state index contributed by atoms with van der Waals surface area (Å²) in [7, 11) is 0. The van der Waals surface area contributed by atoms with Gasteiger partial charge in [-0.25, -0.2) is 0 Å². The number of amides is 2. The summed E-state index contributed by atoms with van der Waals surface area (Å²) in [6.07, 6.45) is 3.37. The van der Waals surface area contributed by atoms with E-state index in [1.54, 1.807) is 24.0 Å². The highest BCUT2D eigenvalue weighted by Crippen LogP contribution is 2.45. The van der Waals surface area contributed by atoms with Crippen LogP contribution in [0.3, 0.4) is 0 Å². The molecule has 0 unspecified atom stereocenters. The first-order valence-corrected chi connectivity index (χ1v) is 10.5. The van der Waals surface area contributed by atoms with Crippen LogP contribution in [0.4, 0.5) is 0 Å². The summed E-state index contributed by atoms with van der Waals surface area (Å²) < 4.78 is 7.33. The lowest BCUT2D eigenvalue weighted by molar-refractivity contribution is 0.0727. The summed E-state index contributed by atoms with van der Waals surface area (Å²) in [4.78, 5) is 34.4. The molecule has 9 heteroatoms. The first-order chi connectivity index (χ1) is 15.0. The SMILES string of the molecule is CCn1cc(C(=O)N2C[C@H]3CN(C(=O)c4ccccc4)C[C@@]3(c3nc(C)no3)C2)cn1. The van der Waals surface area contributed by atoms with Gasteiger partial charge in [0.15, 0.2) is 5.82 Å². The summed E-state index contributed by atoms with van der Waals surface area (Å²) in [5, 5.41) is 8.20. The van der Waals surface area contributed by atoms with Crippen molar-refractivity contribution in [1.29, 1.82) is 0 Å². The number of fused-ring (bicyclic) bond motifs is 1. The highest BCUT2D eigenvalue weighted by atomic mass is 16.5. The molecular formula is C22H24N6O3.